The second kappa shape index (κ2) is 6.11. The third-order valence-electron chi connectivity index (χ3n) is 3.89. The molecule has 0 saturated carbocycles. The average Bonchev–Trinajstić information content (AvgIpc) is 3.01. The molecule has 1 amide bonds. The lowest BCUT2D eigenvalue weighted by Crippen LogP contribution is -2.26. The van der Waals surface area contributed by atoms with Gasteiger partial charge in [-0.15, -0.1) is 0 Å². The van der Waals surface area contributed by atoms with Gasteiger partial charge in [-0.1, -0.05) is 0 Å². The molecule has 0 saturated heterocycles. The Morgan fingerprint density at radius 1 is 1.10 bits per heavy atom. The molecule has 0 N–H and O–H groups in total. The molecule has 2 aromatic heterocycles. The van der Waals surface area contributed by atoms with Crippen molar-refractivity contribution in [3.8, 4) is 0 Å². The fourth-order valence-corrected chi connectivity index (χ4v) is 2.47. The largest absolute Gasteiger partial charge is 0.337 e. The summed E-state index contributed by atoms with van der Waals surface area (Å²) in [6.07, 6.45) is 3.49. The quantitative estimate of drug-likeness (QED) is 0.846. The zero-order chi connectivity index (χ0) is 15.6. The lowest BCUT2D eigenvalue weighted by molar-refractivity contribution is 0.0784. The van der Waals surface area contributed by atoms with Crippen molar-refractivity contribution >= 4 is 5.91 Å². The Hall–Kier alpha value is -2.11. The van der Waals surface area contributed by atoms with Crippen molar-refractivity contribution in [3.63, 3.8) is 0 Å². The normalized spacial score (nSPS) is 10.9. The molecular weight excluding hydrogens is 266 g/mol. The van der Waals surface area contributed by atoms with Crippen LogP contribution in [0.2, 0.25) is 0 Å². The van der Waals surface area contributed by atoms with E-state index in [1.165, 1.54) is 0 Å². The second-order valence-electron chi connectivity index (χ2n) is 5.19. The van der Waals surface area contributed by atoms with Crippen LogP contribution in [-0.2, 0) is 19.6 Å². The first-order valence-corrected chi connectivity index (χ1v) is 7.28. The van der Waals surface area contributed by atoms with Crippen molar-refractivity contribution in [1.29, 1.82) is 0 Å². The van der Waals surface area contributed by atoms with Crippen molar-refractivity contribution in [2.24, 2.45) is 0 Å². The van der Waals surface area contributed by atoms with Crippen LogP contribution >= 0.6 is 0 Å². The predicted octanol–water partition coefficient (Wildman–Crippen LogP) is 2.01. The van der Waals surface area contributed by atoms with Crippen LogP contribution in [0, 0.1) is 13.8 Å². The van der Waals surface area contributed by atoms with E-state index in [0.717, 1.165) is 30.0 Å². The number of hydrogen-bond acceptors (Lipinski definition) is 3. The molecule has 0 unspecified atom stereocenters. The summed E-state index contributed by atoms with van der Waals surface area (Å²) in [4.78, 5) is 14.2. The van der Waals surface area contributed by atoms with Gasteiger partial charge in [0.1, 0.15) is 0 Å². The molecule has 0 aliphatic carbocycles. The van der Waals surface area contributed by atoms with E-state index in [1.54, 1.807) is 11.1 Å². The van der Waals surface area contributed by atoms with Crippen LogP contribution in [0.5, 0.6) is 0 Å². The molecule has 6 heteroatoms. The number of amides is 1. The monoisotopic (exact) mass is 289 g/mol. The lowest BCUT2D eigenvalue weighted by atomic mass is 10.2. The summed E-state index contributed by atoms with van der Waals surface area (Å²) in [5.74, 6) is -0.00384. The molecule has 0 aromatic carbocycles. The molecule has 0 atom stereocenters. The summed E-state index contributed by atoms with van der Waals surface area (Å²) >= 11 is 0. The summed E-state index contributed by atoms with van der Waals surface area (Å²) in [6.45, 7) is 10.2. The number of aryl methyl sites for hydroxylation is 2. The minimum atomic E-state index is -0.00384. The molecule has 0 radical (unpaired) electrons. The van der Waals surface area contributed by atoms with Gasteiger partial charge >= 0.3 is 0 Å². The Labute approximate surface area is 125 Å². The van der Waals surface area contributed by atoms with Crippen molar-refractivity contribution in [2.75, 3.05) is 7.05 Å². The molecule has 2 rings (SSSR count). The first-order chi connectivity index (χ1) is 9.99. The van der Waals surface area contributed by atoms with Crippen LogP contribution in [0.4, 0.5) is 0 Å². The maximum atomic E-state index is 12.5. The highest BCUT2D eigenvalue weighted by Crippen LogP contribution is 2.14. The van der Waals surface area contributed by atoms with Crippen LogP contribution in [0.25, 0.3) is 0 Å². The number of carbonyl (C=O) groups is 1. The van der Waals surface area contributed by atoms with Crippen LogP contribution in [0.1, 0.15) is 41.2 Å². The van der Waals surface area contributed by atoms with Crippen LogP contribution in [0.15, 0.2) is 12.4 Å². The first kappa shape index (κ1) is 15.3. The summed E-state index contributed by atoms with van der Waals surface area (Å²) < 4.78 is 3.77. The van der Waals surface area contributed by atoms with E-state index in [0.29, 0.717) is 12.1 Å². The molecular formula is C15H23N5O. The summed E-state index contributed by atoms with van der Waals surface area (Å²) in [5.41, 5.74) is 3.77. The topological polar surface area (TPSA) is 56.0 Å². The number of hydrogen-bond donors (Lipinski definition) is 0. The zero-order valence-electron chi connectivity index (χ0n) is 13.4. The molecule has 0 aliphatic heterocycles. The van der Waals surface area contributed by atoms with Crippen molar-refractivity contribution < 1.29 is 4.79 Å². The third kappa shape index (κ3) is 2.84. The standard InChI is InChI=1S/C15H23N5O/c1-6-19-11(3)13(8-16-19)10-18(5)15(21)14-9-17-20(7-2)12(14)4/h8-9H,6-7,10H2,1-5H3. The smallest absolute Gasteiger partial charge is 0.257 e. The van der Waals surface area contributed by atoms with E-state index in [-0.39, 0.29) is 5.91 Å². The van der Waals surface area contributed by atoms with Gasteiger partial charge in [-0.2, -0.15) is 10.2 Å². The van der Waals surface area contributed by atoms with Crippen LogP contribution < -0.4 is 0 Å². The fourth-order valence-electron chi connectivity index (χ4n) is 2.47. The second-order valence-corrected chi connectivity index (χ2v) is 5.19. The molecule has 0 bridgehead atoms. The first-order valence-electron chi connectivity index (χ1n) is 7.28. The number of carbonyl (C=O) groups excluding carboxylic acids is 1. The fraction of sp³-hybridized carbons (Fsp3) is 0.533. The number of aromatic nitrogens is 4. The summed E-state index contributed by atoms with van der Waals surface area (Å²) in [5, 5.41) is 8.55. The van der Waals surface area contributed by atoms with E-state index in [4.69, 9.17) is 0 Å². The van der Waals surface area contributed by atoms with E-state index in [1.807, 2.05) is 43.4 Å². The molecule has 0 aliphatic rings. The number of nitrogens with zero attached hydrogens (tertiary/aromatic N) is 5. The highest BCUT2D eigenvalue weighted by atomic mass is 16.2. The zero-order valence-corrected chi connectivity index (χ0v) is 13.4. The Bertz CT molecular complexity index is 641. The molecule has 2 aromatic rings. The van der Waals surface area contributed by atoms with Crippen molar-refractivity contribution in [1.82, 2.24) is 24.5 Å². The SMILES string of the molecule is CCn1ncc(CN(C)C(=O)c2cnn(CC)c2C)c1C. The molecule has 114 valence electrons. The van der Waals surface area contributed by atoms with Gasteiger partial charge in [0, 0.05) is 43.6 Å². The van der Waals surface area contributed by atoms with E-state index in [9.17, 15) is 4.79 Å². The minimum Gasteiger partial charge on any atom is -0.337 e. The molecule has 0 spiro atoms. The predicted molar refractivity (Wildman–Crippen MR) is 81.1 cm³/mol. The Morgan fingerprint density at radius 3 is 2.19 bits per heavy atom. The maximum absolute atomic E-state index is 12.5. The number of rotatable bonds is 5. The van der Waals surface area contributed by atoms with E-state index >= 15 is 0 Å². The minimum absolute atomic E-state index is 0.00384. The summed E-state index contributed by atoms with van der Waals surface area (Å²) in [6, 6.07) is 0. The van der Waals surface area contributed by atoms with Crippen molar-refractivity contribution in [3.05, 3.63) is 34.9 Å². The Kier molecular flexibility index (Phi) is 4.45. The van der Waals surface area contributed by atoms with Gasteiger partial charge < -0.3 is 4.90 Å². The van der Waals surface area contributed by atoms with Gasteiger partial charge in [-0.25, -0.2) is 0 Å². The highest BCUT2D eigenvalue weighted by Gasteiger charge is 2.19. The average molecular weight is 289 g/mol. The Morgan fingerprint density at radius 2 is 1.67 bits per heavy atom. The van der Waals surface area contributed by atoms with E-state index < -0.39 is 0 Å². The van der Waals surface area contributed by atoms with Gasteiger partial charge in [0.25, 0.3) is 5.91 Å². The van der Waals surface area contributed by atoms with Gasteiger partial charge in [0.15, 0.2) is 0 Å². The molecule has 2 heterocycles. The Balaban J connectivity index is 2.15. The van der Waals surface area contributed by atoms with Crippen LogP contribution in [-0.4, -0.2) is 37.4 Å². The third-order valence-corrected chi connectivity index (χ3v) is 3.89. The van der Waals surface area contributed by atoms with Gasteiger partial charge in [0.05, 0.1) is 18.0 Å². The van der Waals surface area contributed by atoms with Gasteiger partial charge in [-0.05, 0) is 27.7 Å². The van der Waals surface area contributed by atoms with Crippen molar-refractivity contribution in [2.45, 2.75) is 47.3 Å². The van der Waals surface area contributed by atoms with Gasteiger partial charge in [-0.3, -0.25) is 14.2 Å². The highest BCUT2D eigenvalue weighted by molar-refractivity contribution is 5.94. The molecule has 0 fully saturated rings. The van der Waals surface area contributed by atoms with E-state index in [2.05, 4.69) is 17.1 Å². The van der Waals surface area contributed by atoms with Gasteiger partial charge in [0.2, 0.25) is 0 Å². The van der Waals surface area contributed by atoms with Crippen LogP contribution in [0.3, 0.4) is 0 Å². The molecule has 6 nitrogen and oxygen atoms in total. The lowest BCUT2D eigenvalue weighted by Gasteiger charge is -2.17. The summed E-state index contributed by atoms with van der Waals surface area (Å²) in [7, 11) is 1.81. The molecule has 21 heavy (non-hydrogen) atoms. The maximum Gasteiger partial charge on any atom is 0.257 e.